The van der Waals surface area contributed by atoms with Gasteiger partial charge in [-0.2, -0.15) is 0 Å². The van der Waals surface area contributed by atoms with E-state index in [0.29, 0.717) is 0 Å². The van der Waals surface area contributed by atoms with Crippen LogP contribution in [0.2, 0.25) is 0 Å². The van der Waals surface area contributed by atoms with Gasteiger partial charge in [0, 0.05) is 21.7 Å². The smallest absolute Gasteiger partial charge is 0.356 e. The third kappa shape index (κ3) is 4.40. The topological polar surface area (TPSA) is 85.8 Å². The van der Waals surface area contributed by atoms with Crippen LogP contribution < -0.4 is 10.0 Å². The van der Waals surface area contributed by atoms with Gasteiger partial charge < -0.3 is 14.6 Å². The van der Waals surface area contributed by atoms with Gasteiger partial charge in [-0.15, -0.1) is 4.72 Å². The molecule has 0 saturated carbocycles. The van der Waals surface area contributed by atoms with E-state index in [2.05, 4.69) is 15.0 Å². The van der Waals surface area contributed by atoms with Gasteiger partial charge >= 0.3 is 5.30 Å². The molecule has 27 heavy (non-hydrogen) atoms. The highest BCUT2D eigenvalue weighted by Gasteiger charge is 2.53. The summed E-state index contributed by atoms with van der Waals surface area (Å²) < 4.78 is 21.5. The lowest BCUT2D eigenvalue weighted by molar-refractivity contribution is 0.0737. The quantitative estimate of drug-likeness (QED) is 0.366. The number of hydrogen-bond donors (Lipinski definition) is 3. The molecule has 3 aliphatic rings. The van der Waals surface area contributed by atoms with E-state index in [1.54, 1.807) is 5.55 Å². The zero-order valence-electron chi connectivity index (χ0n) is 17.2. The molecule has 1 saturated heterocycles. The van der Waals surface area contributed by atoms with Crippen molar-refractivity contribution in [2.24, 2.45) is 10.4 Å². The van der Waals surface area contributed by atoms with Crippen molar-refractivity contribution in [2.75, 3.05) is 13.1 Å². The average Bonchev–Trinajstić information content (AvgIpc) is 3.04. The Kier molecular flexibility index (Phi) is 5.78. The Morgan fingerprint density at radius 2 is 1.96 bits per heavy atom. The van der Waals surface area contributed by atoms with Gasteiger partial charge in [0.2, 0.25) is 0 Å². The number of carbonyl (C=O) groups is 1. The van der Waals surface area contributed by atoms with Crippen molar-refractivity contribution in [1.29, 1.82) is 0 Å². The third-order valence-electron chi connectivity index (χ3n) is 5.27. The molecule has 2 N–H and O–H groups in total. The lowest BCUT2D eigenvalue weighted by Gasteiger charge is -2.41. The van der Waals surface area contributed by atoms with Crippen molar-refractivity contribution in [3.05, 3.63) is 10.6 Å². The van der Waals surface area contributed by atoms with E-state index in [4.69, 9.17) is 4.74 Å². The maximum absolute atomic E-state index is 12.9. The summed E-state index contributed by atoms with van der Waals surface area (Å²) in [4.78, 5) is 18.5. The summed E-state index contributed by atoms with van der Waals surface area (Å²) in [5.74, 6) is 0. The molecule has 1 unspecified atom stereocenters. The molecule has 0 aromatic heterocycles. The fourth-order valence-electron chi connectivity index (χ4n) is 3.85. The summed E-state index contributed by atoms with van der Waals surface area (Å²) in [7, 11) is -1.17. The first-order valence-electron chi connectivity index (χ1n) is 9.61. The van der Waals surface area contributed by atoms with Gasteiger partial charge in [0.05, 0.1) is 11.2 Å². The van der Waals surface area contributed by atoms with Crippen molar-refractivity contribution >= 4 is 33.1 Å². The van der Waals surface area contributed by atoms with Gasteiger partial charge in [0.25, 0.3) is 0 Å². The third-order valence-corrected chi connectivity index (χ3v) is 8.64. The molecule has 1 fully saturated rings. The number of rotatable bonds is 2. The zero-order valence-corrected chi connectivity index (χ0v) is 18.9. The minimum absolute atomic E-state index is 0.0167. The predicted octanol–water partition coefficient (Wildman–Crippen LogP) is 3.37. The summed E-state index contributed by atoms with van der Waals surface area (Å²) in [5, 5.41) is 3.25. The Morgan fingerprint density at radius 3 is 2.52 bits per heavy atom. The van der Waals surface area contributed by atoms with Crippen LogP contribution in [0.25, 0.3) is 0 Å². The molecule has 2 aliphatic heterocycles. The normalized spacial score (nSPS) is 29.9. The number of hydrogen-bond acceptors (Lipinski definition) is 6. The van der Waals surface area contributed by atoms with Crippen LogP contribution >= 0.6 is 10.9 Å². The fourth-order valence-corrected chi connectivity index (χ4v) is 6.77. The first-order chi connectivity index (χ1) is 12.4. The maximum atomic E-state index is 12.9. The van der Waals surface area contributed by atoms with Crippen LogP contribution in [0.15, 0.2) is 15.6 Å². The van der Waals surface area contributed by atoms with E-state index in [9.17, 15) is 9.35 Å². The van der Waals surface area contributed by atoms with Gasteiger partial charge in [0.15, 0.2) is 0 Å². The molecule has 6 nitrogen and oxygen atoms in total. The summed E-state index contributed by atoms with van der Waals surface area (Å²) in [6.45, 7) is 13.5. The standard InChI is InChI=1S/C19H33N3O3S2/c1-17(2,3)25-16(23)26-12-21-14-13(26)11-19(7-9-20-10-8-19)15(14)22-27(24)18(4,5)6/h12,15,20,22,26H,7-11H2,1-6H3/t15-,27-/m1/s1. The van der Waals surface area contributed by atoms with E-state index in [0.717, 1.165) is 43.0 Å². The van der Waals surface area contributed by atoms with E-state index >= 15 is 0 Å². The molecule has 0 aromatic rings. The summed E-state index contributed by atoms with van der Waals surface area (Å²) in [6, 6.07) is -0.0687. The molecule has 1 spiro atoms. The molecule has 154 valence electrons. The van der Waals surface area contributed by atoms with Gasteiger partial charge in [-0.25, -0.2) is 4.79 Å². The van der Waals surface area contributed by atoms with Crippen LogP contribution in [0.3, 0.4) is 0 Å². The molecular formula is C19H33N3O3S2. The molecule has 0 amide bonds. The Balaban J connectivity index is 1.88. The van der Waals surface area contributed by atoms with E-state index in [-0.39, 0.29) is 21.5 Å². The highest BCUT2D eigenvalue weighted by atomic mass is 32.2. The lowest BCUT2D eigenvalue weighted by atomic mass is 9.74. The average molecular weight is 416 g/mol. The zero-order chi connectivity index (χ0) is 20.0. The van der Waals surface area contributed by atoms with Crippen molar-refractivity contribution < 1.29 is 14.1 Å². The second-order valence-electron chi connectivity index (χ2n) is 9.65. The van der Waals surface area contributed by atoms with Crippen molar-refractivity contribution in [2.45, 2.75) is 77.2 Å². The molecule has 0 bridgehead atoms. The molecule has 0 radical (unpaired) electrons. The number of nitrogens with zero attached hydrogens (tertiary/aromatic N) is 1. The van der Waals surface area contributed by atoms with E-state index < -0.39 is 27.9 Å². The number of thiol groups is 1. The molecule has 0 aromatic carbocycles. The molecule has 3 atom stereocenters. The van der Waals surface area contributed by atoms with Gasteiger partial charge in [0.1, 0.15) is 16.4 Å². The molecule has 1 aliphatic carbocycles. The highest BCUT2D eigenvalue weighted by molar-refractivity contribution is 8.42. The van der Waals surface area contributed by atoms with Gasteiger partial charge in [-0.3, -0.25) is 4.99 Å². The molecule has 8 heteroatoms. The molecular weight excluding hydrogens is 382 g/mol. The lowest BCUT2D eigenvalue weighted by Crippen LogP contribution is -2.53. The first kappa shape index (κ1) is 21.2. The highest BCUT2D eigenvalue weighted by Crippen LogP contribution is 2.59. The Bertz CT molecular complexity index is 658. The summed E-state index contributed by atoms with van der Waals surface area (Å²) in [5.41, 5.74) is 2.19. The Labute approximate surface area is 168 Å². The van der Waals surface area contributed by atoms with E-state index in [1.165, 1.54) is 0 Å². The van der Waals surface area contributed by atoms with Crippen LogP contribution in [0.1, 0.15) is 60.8 Å². The Hall–Kier alpha value is -0.540. The van der Waals surface area contributed by atoms with Crippen LogP contribution in [0.4, 0.5) is 4.79 Å². The van der Waals surface area contributed by atoms with Crippen molar-refractivity contribution in [1.82, 2.24) is 10.0 Å². The van der Waals surface area contributed by atoms with Crippen LogP contribution in [-0.4, -0.2) is 44.9 Å². The Morgan fingerprint density at radius 1 is 1.33 bits per heavy atom. The second-order valence-corrected chi connectivity index (χ2v) is 13.5. The minimum Gasteiger partial charge on any atom is -0.598 e. The van der Waals surface area contributed by atoms with E-state index in [1.807, 2.05) is 41.5 Å². The van der Waals surface area contributed by atoms with Crippen molar-refractivity contribution in [3.8, 4) is 0 Å². The number of nitrogens with one attached hydrogen (secondary N) is 2. The number of ether oxygens (including phenoxy) is 1. The summed E-state index contributed by atoms with van der Waals surface area (Å²) in [6.07, 6.45) is 2.83. The monoisotopic (exact) mass is 415 g/mol. The SMILES string of the molecule is CC(C)(C)OC(=O)[SH]1C=NC2=C1CC1(CCNCC1)[C@@H]2N[S@+]([O-])C(C)(C)C. The number of aliphatic imine (C=N–C) groups is 1. The van der Waals surface area contributed by atoms with Gasteiger partial charge in [-0.05, 0) is 73.9 Å². The molecule has 2 heterocycles. The maximum Gasteiger partial charge on any atom is 0.356 e. The van der Waals surface area contributed by atoms with Crippen LogP contribution in [0.5, 0.6) is 0 Å². The van der Waals surface area contributed by atoms with Crippen LogP contribution in [0, 0.1) is 5.41 Å². The predicted molar refractivity (Wildman–Crippen MR) is 115 cm³/mol. The minimum atomic E-state index is -1.19. The van der Waals surface area contributed by atoms with Gasteiger partial charge in [-0.1, -0.05) is 10.9 Å². The summed E-state index contributed by atoms with van der Waals surface area (Å²) >= 11 is -1.19. The number of allylic oxidation sites excluding steroid dienone is 1. The first-order valence-corrected chi connectivity index (χ1v) is 12.2. The number of carbonyl (C=O) groups excluding carboxylic acids is 1. The largest absolute Gasteiger partial charge is 0.598 e. The molecule has 3 rings (SSSR count). The van der Waals surface area contributed by atoms with Crippen LogP contribution in [-0.2, 0) is 16.1 Å². The second kappa shape index (κ2) is 7.37. The fraction of sp³-hybridized carbons (Fsp3) is 0.789. The van der Waals surface area contributed by atoms with Crippen molar-refractivity contribution in [3.63, 3.8) is 0 Å². The number of piperidine rings is 1.